The van der Waals surface area contributed by atoms with Crippen LogP contribution in [0.1, 0.15) is 18.5 Å². The van der Waals surface area contributed by atoms with Gasteiger partial charge in [0.15, 0.2) is 0 Å². The first-order valence-electron chi connectivity index (χ1n) is 8.97. The first-order chi connectivity index (χ1) is 13.3. The van der Waals surface area contributed by atoms with E-state index in [-0.39, 0.29) is 6.04 Å². The van der Waals surface area contributed by atoms with Gasteiger partial charge in [0.2, 0.25) is 0 Å². The average Bonchev–Trinajstić information content (AvgIpc) is 3.21. The lowest BCUT2D eigenvalue weighted by Gasteiger charge is -2.35. The molecule has 0 aliphatic carbocycles. The lowest BCUT2D eigenvalue weighted by molar-refractivity contribution is 0.714. The van der Waals surface area contributed by atoms with E-state index in [0.717, 1.165) is 17.7 Å². The van der Waals surface area contributed by atoms with Gasteiger partial charge < -0.3 is 4.90 Å². The number of anilines is 1. The summed E-state index contributed by atoms with van der Waals surface area (Å²) in [4.78, 5) is 15.8. The molecule has 5 heteroatoms. The zero-order valence-electron chi connectivity index (χ0n) is 14.9. The summed E-state index contributed by atoms with van der Waals surface area (Å²) >= 11 is 1.67. The lowest BCUT2D eigenvalue weighted by atomic mass is 9.98. The molecule has 2 aromatic heterocycles. The fourth-order valence-electron chi connectivity index (χ4n) is 3.67. The van der Waals surface area contributed by atoms with Crippen LogP contribution in [0.15, 0.2) is 71.4 Å². The van der Waals surface area contributed by atoms with Crippen LogP contribution in [0.3, 0.4) is 0 Å². The van der Waals surface area contributed by atoms with Crippen LogP contribution in [-0.2, 0) is 0 Å². The number of thiazole rings is 1. The van der Waals surface area contributed by atoms with Crippen molar-refractivity contribution in [2.45, 2.75) is 13.0 Å². The minimum atomic E-state index is 0.206. The Balaban J connectivity index is 1.65. The number of para-hydroxylation sites is 1. The van der Waals surface area contributed by atoms with E-state index in [0.29, 0.717) is 0 Å². The summed E-state index contributed by atoms with van der Waals surface area (Å²) in [5.74, 6) is 0. The third-order valence-electron chi connectivity index (χ3n) is 5.09. The molecule has 0 bridgehead atoms. The molecule has 1 aliphatic rings. The second-order valence-electron chi connectivity index (χ2n) is 6.63. The minimum absolute atomic E-state index is 0.206. The van der Waals surface area contributed by atoms with Gasteiger partial charge in [0, 0.05) is 24.2 Å². The van der Waals surface area contributed by atoms with Crippen LogP contribution in [0.2, 0.25) is 0 Å². The summed E-state index contributed by atoms with van der Waals surface area (Å²) in [6.07, 6.45) is 5.75. The third kappa shape index (κ3) is 2.80. The van der Waals surface area contributed by atoms with Crippen LogP contribution < -0.4 is 4.90 Å². The average molecular weight is 370 g/mol. The Hall–Kier alpha value is -3.05. The molecule has 27 heavy (non-hydrogen) atoms. The minimum Gasteiger partial charge on any atom is -0.357 e. The normalized spacial score (nSPS) is 14.3. The van der Waals surface area contributed by atoms with Crippen molar-refractivity contribution in [1.82, 2.24) is 9.97 Å². The number of pyridine rings is 1. The van der Waals surface area contributed by atoms with Crippen molar-refractivity contribution in [3.05, 3.63) is 72.0 Å². The van der Waals surface area contributed by atoms with Gasteiger partial charge in [-0.25, -0.2) is 4.98 Å². The molecule has 0 fully saturated rings. The number of benzene rings is 2. The van der Waals surface area contributed by atoms with Crippen molar-refractivity contribution in [1.29, 1.82) is 0 Å². The molecule has 4 aromatic rings. The standard InChI is InChI=1S/C22H18N4S/c1-15(17-4-3-9-23-13-17)26-11-10-24-20-6-2-5-18(22(20)26)16-7-8-19-21(12-16)27-14-25-19/h2-10,12-15H,11H2,1H3. The molecule has 132 valence electrons. The zero-order valence-corrected chi connectivity index (χ0v) is 15.7. The maximum absolute atomic E-state index is 4.67. The highest BCUT2D eigenvalue weighted by Gasteiger charge is 2.24. The van der Waals surface area contributed by atoms with Crippen LogP contribution in [0.25, 0.3) is 21.3 Å². The van der Waals surface area contributed by atoms with Crippen molar-refractivity contribution in [2.75, 3.05) is 11.4 Å². The van der Waals surface area contributed by atoms with Gasteiger partial charge in [0.1, 0.15) is 0 Å². The van der Waals surface area contributed by atoms with E-state index in [1.165, 1.54) is 27.1 Å². The van der Waals surface area contributed by atoms with Crippen LogP contribution in [0, 0.1) is 0 Å². The van der Waals surface area contributed by atoms with E-state index in [9.17, 15) is 0 Å². The summed E-state index contributed by atoms with van der Waals surface area (Å²) in [5, 5.41) is 0. The number of hydrogen-bond donors (Lipinski definition) is 0. The van der Waals surface area contributed by atoms with Gasteiger partial charge in [-0.15, -0.1) is 11.3 Å². The summed E-state index contributed by atoms with van der Waals surface area (Å²) in [6, 6.07) is 17.2. The molecule has 0 radical (unpaired) electrons. The van der Waals surface area contributed by atoms with E-state index in [1.807, 2.05) is 30.2 Å². The van der Waals surface area contributed by atoms with E-state index < -0.39 is 0 Å². The highest BCUT2D eigenvalue weighted by molar-refractivity contribution is 7.16. The van der Waals surface area contributed by atoms with Gasteiger partial charge in [-0.1, -0.05) is 24.3 Å². The van der Waals surface area contributed by atoms with E-state index in [2.05, 4.69) is 69.2 Å². The monoisotopic (exact) mass is 370 g/mol. The molecular formula is C22H18N4S. The highest BCUT2D eigenvalue weighted by Crippen LogP contribution is 2.44. The predicted molar refractivity (Wildman–Crippen MR) is 113 cm³/mol. The SMILES string of the molecule is CC(c1cccnc1)N1CC=Nc2cccc(-c3ccc4ncsc4c3)c21. The van der Waals surface area contributed by atoms with Gasteiger partial charge in [0.25, 0.3) is 0 Å². The summed E-state index contributed by atoms with van der Waals surface area (Å²) < 4.78 is 1.20. The van der Waals surface area contributed by atoms with Gasteiger partial charge in [-0.3, -0.25) is 9.98 Å². The van der Waals surface area contributed by atoms with Crippen LogP contribution in [0.5, 0.6) is 0 Å². The van der Waals surface area contributed by atoms with Crippen LogP contribution in [-0.4, -0.2) is 22.7 Å². The summed E-state index contributed by atoms with van der Waals surface area (Å²) in [6.45, 7) is 3.01. The van der Waals surface area contributed by atoms with Crippen molar-refractivity contribution in [3.63, 3.8) is 0 Å². The van der Waals surface area contributed by atoms with Gasteiger partial charge in [0.05, 0.1) is 39.7 Å². The molecular weight excluding hydrogens is 352 g/mol. The maximum atomic E-state index is 4.67. The summed E-state index contributed by atoms with van der Waals surface area (Å²) in [5.41, 5.74) is 8.74. The lowest BCUT2D eigenvalue weighted by Crippen LogP contribution is -2.31. The molecule has 4 nitrogen and oxygen atoms in total. The van der Waals surface area contributed by atoms with E-state index in [1.54, 1.807) is 11.3 Å². The van der Waals surface area contributed by atoms with Crippen LogP contribution in [0.4, 0.5) is 11.4 Å². The number of rotatable bonds is 3. The number of nitrogens with zero attached hydrogens (tertiary/aromatic N) is 4. The molecule has 0 saturated heterocycles. The predicted octanol–water partition coefficient (Wildman–Crippen LogP) is 5.64. The Bertz CT molecular complexity index is 1130. The van der Waals surface area contributed by atoms with Crippen molar-refractivity contribution >= 4 is 39.1 Å². The van der Waals surface area contributed by atoms with E-state index >= 15 is 0 Å². The molecule has 0 N–H and O–H groups in total. The fourth-order valence-corrected chi connectivity index (χ4v) is 4.38. The second kappa shape index (κ2) is 6.59. The van der Waals surface area contributed by atoms with Gasteiger partial charge in [-0.05, 0) is 42.3 Å². The molecule has 0 amide bonds. The van der Waals surface area contributed by atoms with Crippen molar-refractivity contribution in [3.8, 4) is 11.1 Å². The second-order valence-corrected chi connectivity index (χ2v) is 7.52. The molecule has 0 spiro atoms. The molecule has 1 unspecified atom stereocenters. The number of fused-ring (bicyclic) bond motifs is 2. The quantitative estimate of drug-likeness (QED) is 0.468. The Kier molecular flexibility index (Phi) is 3.94. The van der Waals surface area contributed by atoms with Gasteiger partial charge in [-0.2, -0.15) is 0 Å². The topological polar surface area (TPSA) is 41.4 Å². The Morgan fingerprint density at radius 2 is 2.07 bits per heavy atom. The molecule has 1 aliphatic heterocycles. The molecule has 5 rings (SSSR count). The molecule has 0 saturated carbocycles. The Morgan fingerprint density at radius 1 is 1.11 bits per heavy atom. The molecule has 1 atom stereocenters. The highest BCUT2D eigenvalue weighted by atomic mass is 32.1. The van der Waals surface area contributed by atoms with Crippen molar-refractivity contribution < 1.29 is 0 Å². The molecule has 2 aromatic carbocycles. The van der Waals surface area contributed by atoms with Crippen LogP contribution >= 0.6 is 11.3 Å². The number of aromatic nitrogens is 2. The zero-order chi connectivity index (χ0) is 18.2. The smallest absolute Gasteiger partial charge is 0.0866 e. The summed E-state index contributed by atoms with van der Waals surface area (Å²) in [7, 11) is 0. The van der Waals surface area contributed by atoms with E-state index in [4.69, 9.17) is 0 Å². The molecule has 3 heterocycles. The number of hydrogen-bond acceptors (Lipinski definition) is 5. The Labute approximate surface area is 161 Å². The number of aliphatic imine (C=N–C) groups is 1. The van der Waals surface area contributed by atoms with Crippen molar-refractivity contribution in [2.24, 2.45) is 4.99 Å². The fraction of sp³-hybridized carbons (Fsp3) is 0.136. The first kappa shape index (κ1) is 16.1. The maximum Gasteiger partial charge on any atom is 0.0866 e. The largest absolute Gasteiger partial charge is 0.357 e. The third-order valence-corrected chi connectivity index (χ3v) is 5.88. The Morgan fingerprint density at radius 3 is 2.96 bits per heavy atom. The first-order valence-corrected chi connectivity index (χ1v) is 9.85. The van der Waals surface area contributed by atoms with Gasteiger partial charge >= 0.3 is 0 Å².